The van der Waals surface area contributed by atoms with Crippen molar-refractivity contribution in [3.05, 3.63) is 48.1 Å². The molecule has 2 nitrogen and oxygen atoms in total. The summed E-state index contributed by atoms with van der Waals surface area (Å²) in [4.78, 5) is 0. The number of rotatable bonds is 6. The van der Waals surface area contributed by atoms with Crippen LogP contribution in [-0.2, 0) is 0 Å². The van der Waals surface area contributed by atoms with Gasteiger partial charge in [0.2, 0.25) is 0 Å². The second-order valence-corrected chi connectivity index (χ2v) is 3.60. The van der Waals surface area contributed by atoms with Crippen molar-refractivity contribution in [2.75, 3.05) is 0 Å². The lowest BCUT2D eigenvalue weighted by Gasteiger charge is -2.16. The number of unbranched alkanes of at least 4 members (excludes halogenated alkanes) is 1. The molecule has 0 saturated carbocycles. The SMILES string of the molecule is C=CCCCC(NN)c1ccc(F)cc1F. The van der Waals surface area contributed by atoms with E-state index in [2.05, 4.69) is 12.0 Å². The third-order valence-corrected chi connectivity index (χ3v) is 2.44. The van der Waals surface area contributed by atoms with Gasteiger partial charge >= 0.3 is 0 Å². The van der Waals surface area contributed by atoms with Crippen molar-refractivity contribution < 1.29 is 8.78 Å². The second-order valence-electron chi connectivity index (χ2n) is 3.60. The molecule has 88 valence electrons. The highest BCUT2D eigenvalue weighted by Crippen LogP contribution is 2.22. The van der Waals surface area contributed by atoms with Crippen LogP contribution < -0.4 is 11.3 Å². The summed E-state index contributed by atoms with van der Waals surface area (Å²) in [6.07, 6.45) is 4.19. The Hall–Kier alpha value is -1.26. The highest BCUT2D eigenvalue weighted by Gasteiger charge is 2.14. The van der Waals surface area contributed by atoms with Gasteiger partial charge in [-0.05, 0) is 25.3 Å². The maximum Gasteiger partial charge on any atom is 0.130 e. The first-order valence-electron chi connectivity index (χ1n) is 5.21. The van der Waals surface area contributed by atoms with E-state index in [1.807, 2.05) is 0 Å². The number of nitrogens with one attached hydrogen (secondary N) is 1. The molecule has 0 aliphatic rings. The van der Waals surface area contributed by atoms with Gasteiger partial charge in [-0.1, -0.05) is 12.1 Å². The molecule has 1 rings (SSSR count). The Morgan fingerprint density at radius 2 is 2.19 bits per heavy atom. The molecule has 0 spiro atoms. The van der Waals surface area contributed by atoms with Crippen LogP contribution in [-0.4, -0.2) is 0 Å². The Morgan fingerprint density at radius 3 is 2.75 bits per heavy atom. The molecule has 0 amide bonds. The van der Waals surface area contributed by atoms with Gasteiger partial charge in [-0.3, -0.25) is 11.3 Å². The van der Waals surface area contributed by atoms with E-state index >= 15 is 0 Å². The van der Waals surface area contributed by atoms with Gasteiger partial charge in [-0.15, -0.1) is 6.58 Å². The summed E-state index contributed by atoms with van der Waals surface area (Å²) in [7, 11) is 0. The van der Waals surface area contributed by atoms with Gasteiger partial charge in [0, 0.05) is 17.7 Å². The highest BCUT2D eigenvalue weighted by molar-refractivity contribution is 5.22. The Morgan fingerprint density at radius 1 is 1.44 bits per heavy atom. The van der Waals surface area contributed by atoms with Crippen molar-refractivity contribution in [2.45, 2.75) is 25.3 Å². The van der Waals surface area contributed by atoms with Crippen molar-refractivity contribution in [1.82, 2.24) is 5.43 Å². The molecule has 0 heterocycles. The van der Waals surface area contributed by atoms with E-state index in [0.717, 1.165) is 18.9 Å². The summed E-state index contributed by atoms with van der Waals surface area (Å²) in [6.45, 7) is 3.61. The molecule has 0 saturated heterocycles. The fourth-order valence-corrected chi connectivity index (χ4v) is 1.58. The zero-order chi connectivity index (χ0) is 12.0. The number of halogens is 2. The Kier molecular flexibility index (Phi) is 5.08. The summed E-state index contributed by atoms with van der Waals surface area (Å²) in [6, 6.07) is 3.23. The quantitative estimate of drug-likeness (QED) is 0.339. The molecule has 0 aliphatic carbocycles. The first-order valence-corrected chi connectivity index (χ1v) is 5.21. The first-order chi connectivity index (χ1) is 7.69. The Bertz CT molecular complexity index is 353. The van der Waals surface area contributed by atoms with Crippen LogP contribution in [0.25, 0.3) is 0 Å². The standard InChI is InChI=1S/C12H16F2N2/c1-2-3-4-5-12(16-15)10-7-6-9(13)8-11(10)14/h2,6-8,12,16H,1,3-5,15H2. The van der Waals surface area contributed by atoms with Crippen LogP contribution in [0.15, 0.2) is 30.9 Å². The van der Waals surface area contributed by atoms with E-state index in [9.17, 15) is 8.78 Å². The fourth-order valence-electron chi connectivity index (χ4n) is 1.58. The highest BCUT2D eigenvalue weighted by atomic mass is 19.1. The van der Waals surface area contributed by atoms with Crippen LogP contribution in [0.5, 0.6) is 0 Å². The molecular formula is C12H16F2N2. The van der Waals surface area contributed by atoms with Gasteiger partial charge in [0.1, 0.15) is 11.6 Å². The number of nitrogens with two attached hydrogens (primary N) is 1. The molecule has 0 aromatic heterocycles. The Balaban J connectivity index is 2.74. The minimum absolute atomic E-state index is 0.291. The average molecular weight is 226 g/mol. The predicted octanol–water partition coefficient (Wildman–Crippen LogP) is 2.83. The Labute approximate surface area is 94.1 Å². The molecule has 0 fully saturated rings. The summed E-state index contributed by atoms with van der Waals surface area (Å²) in [5.74, 6) is 4.21. The van der Waals surface area contributed by atoms with E-state index < -0.39 is 11.6 Å². The monoisotopic (exact) mass is 226 g/mol. The van der Waals surface area contributed by atoms with E-state index in [1.165, 1.54) is 12.1 Å². The van der Waals surface area contributed by atoms with Crippen LogP contribution in [0.3, 0.4) is 0 Å². The number of benzene rings is 1. The number of hydrogen-bond acceptors (Lipinski definition) is 2. The van der Waals surface area contributed by atoms with Crippen molar-refractivity contribution in [1.29, 1.82) is 0 Å². The second kappa shape index (κ2) is 6.35. The predicted molar refractivity (Wildman–Crippen MR) is 60.5 cm³/mol. The van der Waals surface area contributed by atoms with Crippen LogP contribution in [0.4, 0.5) is 8.78 Å². The number of allylic oxidation sites excluding steroid dienone is 1. The summed E-state index contributed by atoms with van der Waals surface area (Å²) in [5, 5.41) is 0. The van der Waals surface area contributed by atoms with E-state index in [1.54, 1.807) is 6.08 Å². The lowest BCUT2D eigenvalue weighted by molar-refractivity contribution is 0.470. The normalized spacial score (nSPS) is 12.4. The minimum Gasteiger partial charge on any atom is -0.271 e. The van der Waals surface area contributed by atoms with E-state index in [-0.39, 0.29) is 6.04 Å². The molecule has 4 heteroatoms. The van der Waals surface area contributed by atoms with Gasteiger partial charge in [0.15, 0.2) is 0 Å². The smallest absolute Gasteiger partial charge is 0.130 e. The molecule has 16 heavy (non-hydrogen) atoms. The summed E-state index contributed by atoms with van der Waals surface area (Å²) in [5.41, 5.74) is 2.94. The molecule has 1 aromatic carbocycles. The summed E-state index contributed by atoms with van der Waals surface area (Å²) < 4.78 is 26.2. The van der Waals surface area contributed by atoms with Gasteiger partial charge in [0.05, 0.1) is 0 Å². The van der Waals surface area contributed by atoms with Crippen molar-refractivity contribution in [2.24, 2.45) is 5.84 Å². The number of hydrogen-bond donors (Lipinski definition) is 2. The van der Waals surface area contributed by atoms with Gasteiger partial charge in [-0.2, -0.15) is 0 Å². The lowest BCUT2D eigenvalue weighted by atomic mass is 10.0. The van der Waals surface area contributed by atoms with Crippen LogP contribution >= 0.6 is 0 Å². The zero-order valence-electron chi connectivity index (χ0n) is 9.05. The van der Waals surface area contributed by atoms with Crippen molar-refractivity contribution in [3.63, 3.8) is 0 Å². The molecule has 1 aromatic rings. The summed E-state index contributed by atoms with van der Waals surface area (Å²) >= 11 is 0. The lowest BCUT2D eigenvalue weighted by Crippen LogP contribution is -2.28. The minimum atomic E-state index is -0.580. The molecule has 3 N–H and O–H groups in total. The maximum absolute atomic E-state index is 13.4. The van der Waals surface area contributed by atoms with Gasteiger partial charge < -0.3 is 0 Å². The fraction of sp³-hybridized carbons (Fsp3) is 0.333. The van der Waals surface area contributed by atoms with E-state index in [0.29, 0.717) is 12.0 Å². The first kappa shape index (κ1) is 12.8. The molecule has 1 unspecified atom stereocenters. The molecular weight excluding hydrogens is 210 g/mol. The van der Waals surface area contributed by atoms with Gasteiger partial charge in [0.25, 0.3) is 0 Å². The molecule has 0 aliphatic heterocycles. The molecule has 0 bridgehead atoms. The van der Waals surface area contributed by atoms with Crippen molar-refractivity contribution >= 4 is 0 Å². The molecule has 0 radical (unpaired) electrons. The van der Waals surface area contributed by atoms with Crippen LogP contribution in [0, 0.1) is 11.6 Å². The van der Waals surface area contributed by atoms with E-state index in [4.69, 9.17) is 5.84 Å². The van der Waals surface area contributed by atoms with Gasteiger partial charge in [-0.25, -0.2) is 8.78 Å². The van der Waals surface area contributed by atoms with Crippen LogP contribution in [0.1, 0.15) is 30.9 Å². The largest absolute Gasteiger partial charge is 0.271 e. The zero-order valence-corrected chi connectivity index (χ0v) is 9.05. The molecule has 1 atom stereocenters. The number of hydrazine groups is 1. The maximum atomic E-state index is 13.4. The topological polar surface area (TPSA) is 38.0 Å². The third-order valence-electron chi connectivity index (χ3n) is 2.44. The van der Waals surface area contributed by atoms with Crippen molar-refractivity contribution in [3.8, 4) is 0 Å². The van der Waals surface area contributed by atoms with Crippen LogP contribution in [0.2, 0.25) is 0 Å². The third kappa shape index (κ3) is 3.40. The average Bonchev–Trinajstić information content (AvgIpc) is 2.26.